The highest BCUT2D eigenvalue weighted by Crippen LogP contribution is 2.15. The fourth-order valence-electron chi connectivity index (χ4n) is 2.43. The maximum absolute atomic E-state index is 12.0. The molecular weight excluding hydrogens is 302 g/mol. The Labute approximate surface area is 140 Å². The molecule has 0 saturated heterocycles. The van der Waals surface area contributed by atoms with Crippen LogP contribution in [-0.2, 0) is 11.3 Å². The number of amides is 1. The van der Waals surface area contributed by atoms with Gasteiger partial charge in [-0.05, 0) is 29.3 Å². The second-order valence-corrected chi connectivity index (χ2v) is 5.52. The topological polar surface area (TPSA) is 67.2 Å². The molecule has 1 atom stereocenters. The molecule has 3 aromatic rings. The lowest BCUT2D eigenvalue weighted by Gasteiger charge is -2.11. The Morgan fingerprint density at radius 3 is 2.50 bits per heavy atom. The van der Waals surface area contributed by atoms with Gasteiger partial charge in [-0.15, -0.1) is 0 Å². The summed E-state index contributed by atoms with van der Waals surface area (Å²) in [7, 11) is 0. The van der Waals surface area contributed by atoms with Crippen LogP contribution in [-0.4, -0.2) is 20.8 Å². The van der Waals surface area contributed by atoms with E-state index in [1.54, 1.807) is 10.9 Å². The van der Waals surface area contributed by atoms with Crippen molar-refractivity contribution in [3.63, 3.8) is 0 Å². The summed E-state index contributed by atoms with van der Waals surface area (Å²) in [6.45, 7) is 0.430. The molecule has 0 radical (unpaired) electrons. The molecule has 0 saturated carbocycles. The second kappa shape index (κ2) is 7.57. The summed E-state index contributed by atoms with van der Waals surface area (Å²) in [4.78, 5) is 12.0. The molecule has 0 bridgehead atoms. The molecule has 24 heavy (non-hydrogen) atoms. The van der Waals surface area contributed by atoms with Crippen LogP contribution in [0.4, 0.5) is 0 Å². The molecule has 1 unspecified atom stereocenters. The maximum atomic E-state index is 12.0. The molecule has 5 nitrogen and oxygen atoms in total. The zero-order valence-corrected chi connectivity index (χ0v) is 13.2. The number of carbonyl (C=O) groups excluding carboxylic acids is 1. The number of nitrogens with one attached hydrogen (secondary N) is 1. The lowest BCUT2D eigenvalue weighted by Crippen LogP contribution is -2.24. The van der Waals surface area contributed by atoms with E-state index < -0.39 is 6.10 Å². The summed E-state index contributed by atoms with van der Waals surface area (Å²) >= 11 is 0. The average molecular weight is 321 g/mol. The number of hydrogen-bond acceptors (Lipinski definition) is 3. The number of nitrogens with zero attached hydrogens (tertiary/aromatic N) is 2. The minimum Gasteiger partial charge on any atom is -0.388 e. The average Bonchev–Trinajstić information content (AvgIpc) is 3.16. The van der Waals surface area contributed by atoms with Crippen LogP contribution < -0.4 is 5.32 Å². The van der Waals surface area contributed by atoms with E-state index in [1.165, 1.54) is 0 Å². The predicted molar refractivity (Wildman–Crippen MR) is 91.4 cm³/mol. The van der Waals surface area contributed by atoms with Gasteiger partial charge < -0.3 is 10.4 Å². The Morgan fingerprint density at radius 2 is 1.83 bits per heavy atom. The van der Waals surface area contributed by atoms with E-state index in [2.05, 4.69) is 10.4 Å². The van der Waals surface area contributed by atoms with E-state index in [9.17, 15) is 9.90 Å². The summed E-state index contributed by atoms with van der Waals surface area (Å²) < 4.78 is 1.78. The minimum absolute atomic E-state index is 0.0510. The van der Waals surface area contributed by atoms with Gasteiger partial charge in [-0.1, -0.05) is 42.5 Å². The van der Waals surface area contributed by atoms with Gasteiger partial charge in [-0.25, -0.2) is 4.68 Å². The van der Waals surface area contributed by atoms with Crippen LogP contribution in [0.3, 0.4) is 0 Å². The van der Waals surface area contributed by atoms with Gasteiger partial charge in [0, 0.05) is 18.9 Å². The van der Waals surface area contributed by atoms with Crippen molar-refractivity contribution in [2.75, 3.05) is 0 Å². The number of aliphatic hydroxyl groups excluding tert-OH is 1. The molecule has 0 fully saturated rings. The Kier molecular flexibility index (Phi) is 5.03. The minimum atomic E-state index is -0.784. The molecule has 0 aliphatic rings. The first-order valence-corrected chi connectivity index (χ1v) is 7.81. The molecule has 3 rings (SSSR count). The fourth-order valence-corrected chi connectivity index (χ4v) is 2.43. The Hall–Kier alpha value is -2.92. The van der Waals surface area contributed by atoms with Gasteiger partial charge >= 0.3 is 0 Å². The van der Waals surface area contributed by atoms with Gasteiger partial charge in [0.25, 0.3) is 0 Å². The summed E-state index contributed by atoms with van der Waals surface area (Å²) in [6.07, 6.45) is 2.87. The Balaban J connectivity index is 1.51. The van der Waals surface area contributed by atoms with Crippen molar-refractivity contribution in [2.45, 2.75) is 19.1 Å². The van der Waals surface area contributed by atoms with Gasteiger partial charge in [0.1, 0.15) is 0 Å². The lowest BCUT2D eigenvalue weighted by atomic mass is 10.1. The molecular formula is C19H19N3O2. The molecule has 2 N–H and O–H groups in total. The summed E-state index contributed by atoms with van der Waals surface area (Å²) in [5, 5.41) is 17.1. The fraction of sp³-hybridized carbons (Fsp3) is 0.158. The third-order valence-electron chi connectivity index (χ3n) is 3.76. The highest BCUT2D eigenvalue weighted by Gasteiger charge is 2.12. The maximum Gasteiger partial charge on any atom is 0.223 e. The van der Waals surface area contributed by atoms with Crippen LogP contribution in [0.25, 0.3) is 5.69 Å². The molecule has 0 aliphatic heterocycles. The largest absolute Gasteiger partial charge is 0.388 e. The first kappa shape index (κ1) is 16.0. The van der Waals surface area contributed by atoms with Crippen molar-refractivity contribution in [1.82, 2.24) is 15.1 Å². The summed E-state index contributed by atoms with van der Waals surface area (Å²) in [6, 6.07) is 18.9. The summed E-state index contributed by atoms with van der Waals surface area (Å²) in [5.41, 5.74) is 2.71. The van der Waals surface area contributed by atoms with Crippen molar-refractivity contribution >= 4 is 5.91 Å². The SMILES string of the molecule is O=C(CC(O)c1ccccc1)NCc1ccc(-n2cccn2)cc1. The van der Waals surface area contributed by atoms with Crippen LogP contribution in [0.15, 0.2) is 73.1 Å². The van der Waals surface area contributed by atoms with E-state index in [0.29, 0.717) is 6.54 Å². The third-order valence-corrected chi connectivity index (χ3v) is 3.76. The van der Waals surface area contributed by atoms with Gasteiger partial charge in [0.2, 0.25) is 5.91 Å². The molecule has 1 amide bonds. The standard InChI is InChI=1S/C19H19N3O2/c23-18(16-5-2-1-3-6-16)13-19(24)20-14-15-7-9-17(10-8-15)22-12-4-11-21-22/h1-12,18,23H,13-14H2,(H,20,24). The van der Waals surface area contributed by atoms with Crippen molar-refractivity contribution in [1.29, 1.82) is 0 Å². The molecule has 122 valence electrons. The van der Waals surface area contributed by atoms with Crippen molar-refractivity contribution < 1.29 is 9.90 Å². The van der Waals surface area contributed by atoms with E-state index in [1.807, 2.05) is 66.9 Å². The predicted octanol–water partition coefficient (Wildman–Crippen LogP) is 2.61. The van der Waals surface area contributed by atoms with Crippen LogP contribution in [0.2, 0.25) is 0 Å². The Bertz CT molecular complexity index is 768. The molecule has 0 aliphatic carbocycles. The van der Waals surface area contributed by atoms with Gasteiger partial charge in [-0.2, -0.15) is 5.10 Å². The molecule has 0 spiro atoms. The number of aliphatic hydroxyl groups is 1. The van der Waals surface area contributed by atoms with Crippen LogP contribution in [0, 0.1) is 0 Å². The van der Waals surface area contributed by atoms with Gasteiger partial charge in [0.15, 0.2) is 0 Å². The Morgan fingerprint density at radius 1 is 1.08 bits per heavy atom. The van der Waals surface area contributed by atoms with Gasteiger partial charge in [0.05, 0.1) is 18.2 Å². The highest BCUT2D eigenvalue weighted by atomic mass is 16.3. The second-order valence-electron chi connectivity index (χ2n) is 5.52. The van der Waals surface area contributed by atoms with E-state index in [-0.39, 0.29) is 12.3 Å². The molecule has 1 aromatic heterocycles. The van der Waals surface area contributed by atoms with E-state index >= 15 is 0 Å². The number of aromatic nitrogens is 2. The van der Waals surface area contributed by atoms with Crippen molar-refractivity contribution in [3.8, 4) is 5.69 Å². The molecule has 2 aromatic carbocycles. The van der Waals surface area contributed by atoms with Crippen LogP contribution in [0.5, 0.6) is 0 Å². The zero-order chi connectivity index (χ0) is 16.8. The quantitative estimate of drug-likeness (QED) is 0.733. The number of carbonyl (C=O) groups is 1. The summed E-state index contributed by atoms with van der Waals surface area (Å²) in [5.74, 6) is -0.178. The normalized spacial score (nSPS) is 11.9. The zero-order valence-electron chi connectivity index (χ0n) is 13.2. The van der Waals surface area contributed by atoms with E-state index in [0.717, 1.165) is 16.8 Å². The van der Waals surface area contributed by atoms with Crippen LogP contribution >= 0.6 is 0 Å². The number of hydrogen-bond donors (Lipinski definition) is 2. The van der Waals surface area contributed by atoms with Crippen LogP contribution in [0.1, 0.15) is 23.7 Å². The first-order valence-electron chi connectivity index (χ1n) is 7.81. The molecule has 5 heteroatoms. The van der Waals surface area contributed by atoms with Crippen molar-refractivity contribution in [3.05, 3.63) is 84.2 Å². The first-order chi connectivity index (χ1) is 11.7. The van der Waals surface area contributed by atoms with Crippen molar-refractivity contribution in [2.24, 2.45) is 0 Å². The third kappa shape index (κ3) is 4.08. The smallest absolute Gasteiger partial charge is 0.223 e. The lowest BCUT2D eigenvalue weighted by molar-refractivity contribution is -0.123. The molecule has 1 heterocycles. The number of rotatable bonds is 6. The highest BCUT2D eigenvalue weighted by molar-refractivity contribution is 5.76. The number of benzene rings is 2. The monoisotopic (exact) mass is 321 g/mol. The van der Waals surface area contributed by atoms with Gasteiger partial charge in [-0.3, -0.25) is 4.79 Å². The van der Waals surface area contributed by atoms with E-state index in [4.69, 9.17) is 0 Å².